The van der Waals surface area contributed by atoms with E-state index in [-0.39, 0.29) is 0 Å². The number of benzene rings is 10. The first kappa shape index (κ1) is 36.5. The van der Waals surface area contributed by atoms with Crippen LogP contribution in [0.5, 0.6) is 0 Å². The Bertz CT molecular complexity index is 3570. The summed E-state index contributed by atoms with van der Waals surface area (Å²) in [5.74, 6) is 0. The van der Waals surface area contributed by atoms with Crippen molar-refractivity contribution in [3.05, 3.63) is 243 Å². The maximum atomic E-state index is 6.13. The van der Waals surface area contributed by atoms with Crippen LogP contribution in [0.15, 0.2) is 247 Å². The molecule has 2 heterocycles. The van der Waals surface area contributed by atoms with Gasteiger partial charge in [-0.3, -0.25) is 0 Å². The zero-order valence-electron chi connectivity index (χ0n) is 34.4. The van der Waals surface area contributed by atoms with Gasteiger partial charge in [0.05, 0.1) is 11.0 Å². The fourth-order valence-electron chi connectivity index (χ4n) is 9.26. The van der Waals surface area contributed by atoms with E-state index in [4.69, 9.17) is 4.42 Å². The van der Waals surface area contributed by atoms with Crippen LogP contribution >= 0.6 is 0 Å². The maximum absolute atomic E-state index is 6.13. The quantitative estimate of drug-likeness (QED) is 0.153. The van der Waals surface area contributed by atoms with Gasteiger partial charge < -0.3 is 13.9 Å². The molecule has 12 aromatic rings. The van der Waals surface area contributed by atoms with Crippen LogP contribution in [-0.2, 0) is 0 Å². The van der Waals surface area contributed by atoms with Gasteiger partial charge in [0.25, 0.3) is 0 Å². The van der Waals surface area contributed by atoms with E-state index in [2.05, 4.69) is 240 Å². The molecule has 0 N–H and O–H groups in total. The van der Waals surface area contributed by atoms with E-state index in [1.165, 1.54) is 55.2 Å². The highest BCUT2D eigenvalue weighted by molar-refractivity contribution is 6.10. The predicted molar refractivity (Wildman–Crippen MR) is 264 cm³/mol. The van der Waals surface area contributed by atoms with Crippen molar-refractivity contribution < 1.29 is 4.42 Å². The van der Waals surface area contributed by atoms with Crippen molar-refractivity contribution in [1.29, 1.82) is 0 Å². The second kappa shape index (κ2) is 15.3. The van der Waals surface area contributed by atoms with Crippen LogP contribution in [0.2, 0.25) is 0 Å². The fraction of sp³-hybridized carbons (Fsp3) is 0. The van der Waals surface area contributed by atoms with Gasteiger partial charge in [-0.25, -0.2) is 0 Å². The zero-order chi connectivity index (χ0) is 41.7. The van der Waals surface area contributed by atoms with Crippen molar-refractivity contribution >= 4 is 60.8 Å². The highest BCUT2D eigenvalue weighted by Gasteiger charge is 2.17. The number of anilines is 3. The van der Waals surface area contributed by atoms with Crippen molar-refractivity contribution in [3.8, 4) is 50.2 Å². The molecule has 3 nitrogen and oxygen atoms in total. The topological polar surface area (TPSA) is 21.3 Å². The summed E-state index contributed by atoms with van der Waals surface area (Å²) < 4.78 is 8.50. The lowest BCUT2D eigenvalue weighted by Crippen LogP contribution is -2.09. The van der Waals surface area contributed by atoms with E-state index in [9.17, 15) is 0 Å². The number of aromatic nitrogens is 1. The van der Waals surface area contributed by atoms with Crippen LogP contribution in [-0.4, -0.2) is 4.57 Å². The van der Waals surface area contributed by atoms with E-state index < -0.39 is 0 Å². The van der Waals surface area contributed by atoms with Gasteiger partial charge in [-0.15, -0.1) is 0 Å². The van der Waals surface area contributed by atoms with Crippen molar-refractivity contribution in [3.63, 3.8) is 0 Å². The zero-order valence-corrected chi connectivity index (χ0v) is 34.4. The Morgan fingerprint density at radius 3 is 1.27 bits per heavy atom. The lowest BCUT2D eigenvalue weighted by Gasteiger charge is -2.26. The predicted octanol–water partition coefficient (Wildman–Crippen LogP) is 16.8. The molecule has 0 saturated carbocycles. The Hall–Kier alpha value is -8.40. The van der Waals surface area contributed by atoms with Crippen LogP contribution in [0.3, 0.4) is 0 Å². The number of nitrogens with zero attached hydrogens (tertiary/aromatic N) is 2. The second-order valence-electron chi connectivity index (χ2n) is 16.1. The molecule has 296 valence electrons. The minimum atomic E-state index is 0.903. The Morgan fingerprint density at radius 2 is 0.667 bits per heavy atom. The summed E-state index contributed by atoms with van der Waals surface area (Å²) in [7, 11) is 0. The third-order valence-electron chi connectivity index (χ3n) is 12.4. The molecule has 0 unspecified atom stereocenters. The van der Waals surface area contributed by atoms with Gasteiger partial charge in [0.1, 0.15) is 11.2 Å². The van der Waals surface area contributed by atoms with Crippen LogP contribution in [0.1, 0.15) is 0 Å². The van der Waals surface area contributed by atoms with Crippen molar-refractivity contribution in [2.75, 3.05) is 4.90 Å². The minimum Gasteiger partial charge on any atom is -0.456 e. The molecule has 0 amide bonds. The highest BCUT2D eigenvalue weighted by Crippen LogP contribution is 2.40. The van der Waals surface area contributed by atoms with Crippen LogP contribution in [0.25, 0.3) is 93.9 Å². The summed E-state index contributed by atoms with van der Waals surface area (Å²) in [6, 6.07) is 87.1. The molecule has 0 fully saturated rings. The first-order chi connectivity index (χ1) is 31.2. The smallest absolute Gasteiger partial charge is 0.135 e. The number of hydrogen-bond acceptors (Lipinski definition) is 2. The molecule has 12 rings (SSSR count). The Morgan fingerprint density at radius 1 is 0.270 bits per heavy atom. The Kier molecular flexibility index (Phi) is 8.83. The SMILES string of the molecule is c1ccc(-c2ccc(-c3ccc(N(c4ccc(-c5ccc6oc7ccccc7c6c5)cc4)c4ccc(-c5ccc6c(c5)c5ccccc5n6-c5ccccc5)cc4)cc3)cc2)cc1. The molecule has 0 aliphatic carbocycles. The normalized spacial score (nSPS) is 11.5. The standard InChI is InChI=1S/C60H40N2O/c1-3-11-41(12-4-1)42-19-21-43(22-20-42)44-23-31-50(32-24-44)61(52-35-27-46(28-36-52)48-30-38-60-56(40-48)54-16-8-10-18-59(54)63-60)51-33-25-45(26-34-51)47-29-37-58-55(39-47)53-15-7-9-17-57(53)62(58)49-13-5-2-6-14-49/h1-40H. The Balaban J connectivity index is 0.906. The van der Waals surface area contributed by atoms with E-state index >= 15 is 0 Å². The van der Waals surface area contributed by atoms with Crippen molar-refractivity contribution in [1.82, 2.24) is 4.57 Å². The fourth-order valence-corrected chi connectivity index (χ4v) is 9.26. The van der Waals surface area contributed by atoms with E-state index in [0.29, 0.717) is 0 Å². The monoisotopic (exact) mass is 804 g/mol. The molecule has 0 atom stereocenters. The van der Waals surface area contributed by atoms with Crippen LogP contribution < -0.4 is 4.90 Å². The number of furan rings is 1. The van der Waals surface area contributed by atoms with Gasteiger partial charge in [-0.2, -0.15) is 0 Å². The molecule has 3 heteroatoms. The summed E-state index contributed by atoms with van der Waals surface area (Å²) in [5, 5.41) is 4.76. The molecule has 63 heavy (non-hydrogen) atoms. The molecule has 0 saturated heterocycles. The summed E-state index contributed by atoms with van der Waals surface area (Å²) in [4.78, 5) is 2.35. The lowest BCUT2D eigenvalue weighted by molar-refractivity contribution is 0.669. The molecule has 10 aromatic carbocycles. The molecule has 0 radical (unpaired) electrons. The molecule has 2 aromatic heterocycles. The second-order valence-corrected chi connectivity index (χ2v) is 16.1. The van der Waals surface area contributed by atoms with E-state index in [0.717, 1.165) is 55.8 Å². The largest absolute Gasteiger partial charge is 0.456 e. The van der Waals surface area contributed by atoms with Gasteiger partial charge in [0, 0.05) is 44.3 Å². The summed E-state index contributed by atoms with van der Waals surface area (Å²) in [6.45, 7) is 0. The van der Waals surface area contributed by atoms with Crippen LogP contribution in [0, 0.1) is 0 Å². The number of rotatable bonds is 8. The van der Waals surface area contributed by atoms with Gasteiger partial charge in [0.15, 0.2) is 0 Å². The van der Waals surface area contributed by atoms with Gasteiger partial charge in [-0.05, 0) is 129 Å². The first-order valence-electron chi connectivity index (χ1n) is 21.5. The third kappa shape index (κ3) is 6.55. The lowest BCUT2D eigenvalue weighted by atomic mass is 9.99. The summed E-state index contributed by atoms with van der Waals surface area (Å²) in [6.07, 6.45) is 0. The molecule has 0 bridgehead atoms. The maximum Gasteiger partial charge on any atom is 0.135 e. The average Bonchev–Trinajstić information content (AvgIpc) is 3.90. The number of fused-ring (bicyclic) bond motifs is 6. The van der Waals surface area contributed by atoms with Gasteiger partial charge in [-0.1, -0.05) is 158 Å². The van der Waals surface area contributed by atoms with Gasteiger partial charge >= 0.3 is 0 Å². The van der Waals surface area contributed by atoms with Crippen molar-refractivity contribution in [2.45, 2.75) is 0 Å². The molecular weight excluding hydrogens is 765 g/mol. The van der Waals surface area contributed by atoms with Crippen LogP contribution in [0.4, 0.5) is 17.1 Å². The van der Waals surface area contributed by atoms with E-state index in [1.807, 2.05) is 12.1 Å². The molecule has 0 aliphatic rings. The molecular formula is C60H40N2O. The van der Waals surface area contributed by atoms with E-state index in [1.54, 1.807) is 0 Å². The Labute approximate surface area is 366 Å². The molecule has 0 aliphatic heterocycles. The molecule has 0 spiro atoms. The third-order valence-corrected chi connectivity index (χ3v) is 12.4. The average molecular weight is 805 g/mol. The number of hydrogen-bond donors (Lipinski definition) is 0. The first-order valence-corrected chi connectivity index (χ1v) is 21.5. The highest BCUT2D eigenvalue weighted by atomic mass is 16.3. The number of para-hydroxylation sites is 3. The summed E-state index contributed by atoms with van der Waals surface area (Å²) in [5.41, 5.74) is 18.1. The minimum absolute atomic E-state index is 0.903. The van der Waals surface area contributed by atoms with Crippen molar-refractivity contribution in [2.24, 2.45) is 0 Å². The van der Waals surface area contributed by atoms with Gasteiger partial charge in [0.2, 0.25) is 0 Å². The summed E-state index contributed by atoms with van der Waals surface area (Å²) >= 11 is 0.